The van der Waals surface area contributed by atoms with Gasteiger partial charge in [-0.3, -0.25) is 9.48 Å². The van der Waals surface area contributed by atoms with E-state index in [0.717, 1.165) is 18.5 Å². The molecule has 4 rings (SSSR count). The summed E-state index contributed by atoms with van der Waals surface area (Å²) in [5.74, 6) is 0.243. The highest BCUT2D eigenvalue weighted by Crippen LogP contribution is 2.41. The quantitative estimate of drug-likeness (QED) is 0.473. The molecule has 1 N–H and O–H groups in total. The zero-order valence-corrected chi connectivity index (χ0v) is 17.5. The average molecular weight is 410 g/mol. The lowest BCUT2D eigenvalue weighted by atomic mass is 10.1. The number of benzene rings is 1. The van der Waals surface area contributed by atoms with E-state index in [1.807, 2.05) is 22.2 Å². The van der Waals surface area contributed by atoms with Gasteiger partial charge in [-0.15, -0.1) is 11.3 Å². The van der Waals surface area contributed by atoms with Gasteiger partial charge in [0.15, 0.2) is 5.69 Å². The molecular formula is C22H23N3O3S. The zero-order chi connectivity index (χ0) is 20.6. The summed E-state index contributed by atoms with van der Waals surface area (Å²) in [7, 11) is 0. The first kappa shape index (κ1) is 19.4. The fraction of sp³-hybridized carbons (Fsp3) is 0.318. The molecule has 1 amide bonds. The Bertz CT molecular complexity index is 1030. The number of nitrogens with one attached hydrogen (secondary N) is 1. The molecule has 0 atom stereocenters. The lowest BCUT2D eigenvalue weighted by Gasteiger charge is -2.22. The molecule has 7 heteroatoms. The molecule has 1 saturated carbocycles. The highest BCUT2D eigenvalue weighted by atomic mass is 32.1. The molecule has 0 aliphatic heterocycles. The van der Waals surface area contributed by atoms with Crippen LogP contribution in [0.1, 0.15) is 65.4 Å². The Kier molecular flexibility index (Phi) is 5.00. The van der Waals surface area contributed by atoms with Crippen LogP contribution in [0.25, 0.3) is 0 Å². The minimum absolute atomic E-state index is 0.162. The summed E-state index contributed by atoms with van der Waals surface area (Å²) in [6.07, 6.45) is 2.27. The number of hydrogen-bond donors (Lipinski definition) is 1. The Morgan fingerprint density at radius 2 is 1.90 bits per heavy atom. The normalized spacial score (nSPS) is 13.9. The number of carbonyl (C=O) groups excluding carboxylic acids is 2. The van der Waals surface area contributed by atoms with Crippen LogP contribution in [-0.2, 0) is 5.54 Å². The van der Waals surface area contributed by atoms with Crippen molar-refractivity contribution in [3.05, 3.63) is 64.1 Å². The number of carbonyl (C=O) groups is 2. The third-order valence-electron chi connectivity index (χ3n) is 4.64. The summed E-state index contributed by atoms with van der Waals surface area (Å²) in [5.41, 5.74) is 1.85. The predicted molar refractivity (Wildman–Crippen MR) is 113 cm³/mol. The van der Waals surface area contributed by atoms with E-state index in [9.17, 15) is 9.59 Å². The van der Waals surface area contributed by atoms with Gasteiger partial charge in [0.1, 0.15) is 5.75 Å². The Morgan fingerprint density at radius 3 is 2.48 bits per heavy atom. The molecule has 0 spiro atoms. The van der Waals surface area contributed by atoms with Crippen molar-refractivity contribution in [1.82, 2.24) is 9.78 Å². The second-order valence-corrected chi connectivity index (χ2v) is 9.10. The largest absolute Gasteiger partial charge is 0.422 e. The van der Waals surface area contributed by atoms with E-state index >= 15 is 0 Å². The monoisotopic (exact) mass is 409 g/mol. The van der Waals surface area contributed by atoms with E-state index in [1.54, 1.807) is 30.3 Å². The van der Waals surface area contributed by atoms with Gasteiger partial charge in [-0.1, -0.05) is 6.07 Å². The van der Waals surface area contributed by atoms with E-state index in [1.165, 1.54) is 11.3 Å². The first-order valence-electron chi connectivity index (χ1n) is 9.59. The molecule has 3 aromatic rings. The Labute approximate surface area is 173 Å². The fourth-order valence-corrected chi connectivity index (χ4v) is 3.69. The van der Waals surface area contributed by atoms with Gasteiger partial charge in [0.25, 0.3) is 5.91 Å². The van der Waals surface area contributed by atoms with E-state index in [4.69, 9.17) is 4.74 Å². The topological polar surface area (TPSA) is 73.2 Å². The Hall–Kier alpha value is -2.93. The van der Waals surface area contributed by atoms with Crippen LogP contribution in [0.15, 0.2) is 47.8 Å². The number of esters is 1. The van der Waals surface area contributed by atoms with Crippen molar-refractivity contribution in [2.45, 2.75) is 45.1 Å². The average Bonchev–Trinajstić information content (AvgIpc) is 3.19. The third-order valence-corrected chi connectivity index (χ3v) is 5.51. The molecule has 0 saturated heterocycles. The molecule has 1 aromatic carbocycles. The van der Waals surface area contributed by atoms with Gasteiger partial charge in [0.2, 0.25) is 0 Å². The van der Waals surface area contributed by atoms with Gasteiger partial charge in [-0.25, -0.2) is 4.79 Å². The molecule has 150 valence electrons. The van der Waals surface area contributed by atoms with Crippen molar-refractivity contribution in [3.63, 3.8) is 0 Å². The molecule has 0 bridgehead atoms. The van der Waals surface area contributed by atoms with Gasteiger partial charge in [0, 0.05) is 17.3 Å². The van der Waals surface area contributed by atoms with Gasteiger partial charge in [0.05, 0.1) is 10.4 Å². The first-order valence-corrected chi connectivity index (χ1v) is 10.5. The van der Waals surface area contributed by atoms with E-state index in [0.29, 0.717) is 27.9 Å². The van der Waals surface area contributed by atoms with Crippen molar-refractivity contribution in [2.24, 2.45) is 0 Å². The molecule has 0 radical (unpaired) electrons. The Balaban J connectivity index is 1.44. The number of ether oxygens (including phenoxy) is 1. The molecule has 6 nitrogen and oxygen atoms in total. The third kappa shape index (κ3) is 4.40. The van der Waals surface area contributed by atoms with Crippen molar-refractivity contribution >= 4 is 28.9 Å². The number of hydrogen-bond acceptors (Lipinski definition) is 5. The van der Waals surface area contributed by atoms with Gasteiger partial charge in [-0.05, 0) is 75.4 Å². The molecule has 2 aromatic heterocycles. The SMILES string of the molecule is CC(C)(C)n1nc(C(=O)Oc2ccc(NC(=O)c3cccs3)cc2)cc1C1CC1. The summed E-state index contributed by atoms with van der Waals surface area (Å²) < 4.78 is 7.42. The minimum atomic E-state index is -0.481. The van der Waals surface area contributed by atoms with Crippen LogP contribution in [0.5, 0.6) is 5.75 Å². The predicted octanol–water partition coefficient (Wildman–Crippen LogP) is 5.05. The summed E-state index contributed by atoms with van der Waals surface area (Å²) in [5, 5.41) is 9.18. The lowest BCUT2D eigenvalue weighted by molar-refractivity contribution is 0.0726. The Morgan fingerprint density at radius 1 is 1.17 bits per heavy atom. The second-order valence-electron chi connectivity index (χ2n) is 8.16. The standard InChI is InChI=1S/C22H23N3O3S/c1-22(2,3)25-18(14-6-7-14)13-17(24-25)21(27)28-16-10-8-15(9-11-16)23-20(26)19-5-4-12-29-19/h4-5,8-14H,6-7H2,1-3H3,(H,23,26). The van der Waals surface area contributed by atoms with E-state index in [-0.39, 0.29) is 11.4 Å². The van der Waals surface area contributed by atoms with Crippen molar-refractivity contribution in [1.29, 1.82) is 0 Å². The van der Waals surface area contributed by atoms with Crippen molar-refractivity contribution < 1.29 is 14.3 Å². The van der Waals surface area contributed by atoms with Crippen LogP contribution in [0, 0.1) is 0 Å². The lowest BCUT2D eigenvalue weighted by Crippen LogP contribution is -2.25. The number of anilines is 1. The summed E-state index contributed by atoms with van der Waals surface area (Å²) in [4.78, 5) is 25.3. The van der Waals surface area contributed by atoms with Crippen LogP contribution in [0.4, 0.5) is 5.69 Å². The highest BCUT2D eigenvalue weighted by Gasteiger charge is 2.32. The van der Waals surface area contributed by atoms with Gasteiger partial charge >= 0.3 is 5.97 Å². The fourth-order valence-electron chi connectivity index (χ4n) is 3.07. The second kappa shape index (κ2) is 7.48. The molecule has 2 heterocycles. The van der Waals surface area contributed by atoms with Crippen LogP contribution in [0.2, 0.25) is 0 Å². The molecule has 1 aliphatic carbocycles. The molecule has 29 heavy (non-hydrogen) atoms. The molecule has 1 fully saturated rings. The van der Waals surface area contributed by atoms with Gasteiger partial charge in [-0.2, -0.15) is 5.10 Å². The number of nitrogens with zero attached hydrogens (tertiary/aromatic N) is 2. The summed E-state index contributed by atoms with van der Waals surface area (Å²) >= 11 is 1.38. The first-order chi connectivity index (χ1) is 13.8. The highest BCUT2D eigenvalue weighted by molar-refractivity contribution is 7.12. The number of amides is 1. The zero-order valence-electron chi connectivity index (χ0n) is 16.6. The van der Waals surface area contributed by atoms with Crippen LogP contribution >= 0.6 is 11.3 Å². The molecule has 1 aliphatic rings. The maximum Gasteiger partial charge on any atom is 0.364 e. The molecular weight excluding hydrogens is 386 g/mol. The van der Waals surface area contributed by atoms with Crippen molar-refractivity contribution in [3.8, 4) is 5.75 Å². The van der Waals surface area contributed by atoms with E-state index in [2.05, 4.69) is 31.2 Å². The minimum Gasteiger partial charge on any atom is -0.422 e. The van der Waals surface area contributed by atoms with Crippen LogP contribution < -0.4 is 10.1 Å². The smallest absolute Gasteiger partial charge is 0.364 e. The summed E-state index contributed by atoms with van der Waals surface area (Å²) in [6, 6.07) is 12.2. The number of thiophene rings is 1. The van der Waals surface area contributed by atoms with Crippen molar-refractivity contribution in [2.75, 3.05) is 5.32 Å². The van der Waals surface area contributed by atoms with Gasteiger partial charge < -0.3 is 10.1 Å². The number of rotatable bonds is 5. The van der Waals surface area contributed by atoms with E-state index < -0.39 is 5.97 Å². The maximum atomic E-state index is 12.6. The number of aromatic nitrogens is 2. The maximum absolute atomic E-state index is 12.6. The van der Waals surface area contributed by atoms with Crippen LogP contribution in [-0.4, -0.2) is 21.7 Å². The summed E-state index contributed by atoms with van der Waals surface area (Å²) in [6.45, 7) is 6.22. The molecule has 0 unspecified atom stereocenters. The van der Waals surface area contributed by atoms with Crippen LogP contribution in [0.3, 0.4) is 0 Å².